The Bertz CT molecular complexity index is 832. The number of hydrogen-bond acceptors (Lipinski definition) is 3. The van der Waals surface area contributed by atoms with Gasteiger partial charge in [-0.3, -0.25) is 14.4 Å². The molecule has 3 rings (SSSR count). The van der Waals surface area contributed by atoms with Gasteiger partial charge in [0.2, 0.25) is 5.91 Å². The highest BCUT2D eigenvalue weighted by molar-refractivity contribution is 6.30. The zero-order valence-corrected chi connectivity index (χ0v) is 14.7. The zero-order chi connectivity index (χ0) is 18.5. The average Bonchev–Trinajstić information content (AvgIpc) is 3.44. The van der Waals surface area contributed by atoms with Crippen LogP contribution in [0.4, 0.5) is 5.69 Å². The lowest BCUT2D eigenvalue weighted by Gasteiger charge is -2.09. The maximum Gasteiger partial charge on any atom is 0.251 e. The van der Waals surface area contributed by atoms with Crippen LogP contribution in [0.3, 0.4) is 0 Å². The summed E-state index contributed by atoms with van der Waals surface area (Å²) in [5.74, 6) is -0.902. The minimum absolute atomic E-state index is 0.153. The van der Waals surface area contributed by atoms with E-state index in [0.717, 1.165) is 12.8 Å². The third kappa shape index (κ3) is 5.07. The summed E-state index contributed by atoms with van der Waals surface area (Å²) in [5.41, 5.74) is 1.40. The zero-order valence-electron chi connectivity index (χ0n) is 13.9. The normalized spacial score (nSPS) is 13.0. The molecular weight excluding hydrogens is 354 g/mol. The number of hydrogen-bond donors (Lipinski definition) is 3. The fourth-order valence-electron chi connectivity index (χ4n) is 2.30. The van der Waals surface area contributed by atoms with Crippen molar-refractivity contribution >= 4 is 35.0 Å². The van der Waals surface area contributed by atoms with Crippen molar-refractivity contribution in [1.29, 1.82) is 0 Å². The van der Waals surface area contributed by atoms with E-state index in [1.807, 2.05) is 0 Å². The predicted octanol–water partition coefficient (Wildman–Crippen LogP) is 2.60. The second-order valence-corrected chi connectivity index (χ2v) is 6.50. The molecule has 0 bridgehead atoms. The summed E-state index contributed by atoms with van der Waals surface area (Å²) < 4.78 is 0. The molecule has 0 unspecified atom stereocenters. The number of rotatable bonds is 6. The smallest absolute Gasteiger partial charge is 0.251 e. The van der Waals surface area contributed by atoms with Crippen molar-refractivity contribution in [3.63, 3.8) is 0 Å². The van der Waals surface area contributed by atoms with Crippen molar-refractivity contribution in [2.75, 3.05) is 11.9 Å². The maximum atomic E-state index is 12.0. The van der Waals surface area contributed by atoms with Gasteiger partial charge in [-0.1, -0.05) is 17.7 Å². The third-order valence-corrected chi connectivity index (χ3v) is 4.09. The van der Waals surface area contributed by atoms with E-state index in [1.165, 1.54) is 0 Å². The van der Waals surface area contributed by atoms with Gasteiger partial charge in [-0.05, 0) is 55.3 Å². The van der Waals surface area contributed by atoms with Crippen molar-refractivity contribution in [3.05, 3.63) is 64.7 Å². The van der Waals surface area contributed by atoms with Gasteiger partial charge in [0.1, 0.15) is 0 Å². The molecule has 0 heterocycles. The molecule has 1 aliphatic rings. The molecule has 0 atom stereocenters. The largest absolute Gasteiger partial charge is 0.349 e. The summed E-state index contributed by atoms with van der Waals surface area (Å²) in [5, 5.41) is 8.63. The van der Waals surface area contributed by atoms with Crippen LogP contribution in [0, 0.1) is 0 Å². The van der Waals surface area contributed by atoms with Gasteiger partial charge in [-0.15, -0.1) is 0 Å². The van der Waals surface area contributed by atoms with Gasteiger partial charge in [0.15, 0.2) is 0 Å². The molecule has 2 aromatic carbocycles. The Balaban J connectivity index is 1.52. The highest BCUT2D eigenvalue weighted by atomic mass is 35.5. The Kier molecular flexibility index (Phi) is 5.53. The molecule has 3 amide bonds. The standard InChI is InChI=1S/C19H18ClN3O3/c20-14-6-4-12(5-7-14)18(25)21-11-17(24)22-16-3-1-2-13(10-16)19(26)23-15-8-9-15/h1-7,10,15H,8-9,11H2,(H,21,25)(H,22,24)(H,23,26). The summed E-state index contributed by atoms with van der Waals surface area (Å²) >= 11 is 5.78. The van der Waals surface area contributed by atoms with E-state index in [1.54, 1.807) is 48.5 Å². The molecule has 7 heteroatoms. The van der Waals surface area contributed by atoms with Gasteiger partial charge in [-0.2, -0.15) is 0 Å². The van der Waals surface area contributed by atoms with E-state index in [0.29, 0.717) is 21.8 Å². The number of anilines is 1. The van der Waals surface area contributed by atoms with E-state index < -0.39 is 0 Å². The number of carbonyl (C=O) groups is 3. The first-order valence-electron chi connectivity index (χ1n) is 8.26. The fourth-order valence-corrected chi connectivity index (χ4v) is 2.43. The van der Waals surface area contributed by atoms with Gasteiger partial charge in [0.05, 0.1) is 6.54 Å². The molecule has 1 fully saturated rings. The minimum Gasteiger partial charge on any atom is -0.349 e. The number of carbonyl (C=O) groups excluding carboxylic acids is 3. The van der Waals surface area contributed by atoms with Crippen LogP contribution in [0.2, 0.25) is 5.02 Å². The second kappa shape index (κ2) is 8.01. The van der Waals surface area contributed by atoms with Crippen molar-refractivity contribution in [1.82, 2.24) is 10.6 Å². The maximum absolute atomic E-state index is 12.0. The van der Waals surface area contributed by atoms with Crippen LogP contribution in [0.5, 0.6) is 0 Å². The Morgan fingerprint density at radius 1 is 0.962 bits per heavy atom. The number of benzene rings is 2. The molecule has 3 N–H and O–H groups in total. The number of nitrogens with one attached hydrogen (secondary N) is 3. The first-order chi connectivity index (χ1) is 12.5. The van der Waals surface area contributed by atoms with Gasteiger partial charge in [0.25, 0.3) is 11.8 Å². The molecular formula is C19H18ClN3O3. The molecule has 134 valence electrons. The summed E-state index contributed by atoms with van der Waals surface area (Å²) in [4.78, 5) is 36.0. The summed E-state index contributed by atoms with van der Waals surface area (Å²) in [7, 11) is 0. The number of amides is 3. The van der Waals surface area contributed by atoms with Crippen LogP contribution >= 0.6 is 11.6 Å². The van der Waals surface area contributed by atoms with Gasteiger partial charge in [-0.25, -0.2) is 0 Å². The van der Waals surface area contributed by atoms with Gasteiger partial charge < -0.3 is 16.0 Å². The molecule has 1 aliphatic carbocycles. The molecule has 0 aromatic heterocycles. The van der Waals surface area contributed by atoms with Crippen molar-refractivity contribution in [2.45, 2.75) is 18.9 Å². The van der Waals surface area contributed by atoms with Crippen molar-refractivity contribution < 1.29 is 14.4 Å². The third-order valence-electron chi connectivity index (χ3n) is 3.84. The average molecular weight is 372 g/mol. The molecule has 0 radical (unpaired) electrons. The van der Waals surface area contributed by atoms with Gasteiger partial charge in [0, 0.05) is 27.9 Å². The Hall–Kier alpha value is -2.86. The van der Waals surface area contributed by atoms with E-state index in [4.69, 9.17) is 11.6 Å². The molecule has 0 saturated heterocycles. The number of halogens is 1. The Morgan fingerprint density at radius 3 is 2.38 bits per heavy atom. The van der Waals surface area contributed by atoms with Crippen molar-refractivity contribution in [2.24, 2.45) is 0 Å². The lowest BCUT2D eigenvalue weighted by atomic mass is 10.2. The molecule has 2 aromatic rings. The van der Waals surface area contributed by atoms with E-state index in [-0.39, 0.29) is 30.3 Å². The summed E-state index contributed by atoms with van der Waals surface area (Å²) in [6.07, 6.45) is 2.02. The fraction of sp³-hybridized carbons (Fsp3) is 0.211. The predicted molar refractivity (Wildman–Crippen MR) is 99.3 cm³/mol. The van der Waals surface area contributed by atoms with Crippen LogP contribution in [0.1, 0.15) is 33.6 Å². The first-order valence-corrected chi connectivity index (χ1v) is 8.63. The topological polar surface area (TPSA) is 87.3 Å². The first kappa shape index (κ1) is 17.9. The minimum atomic E-state index is -0.382. The molecule has 0 spiro atoms. The Morgan fingerprint density at radius 2 is 1.69 bits per heavy atom. The molecule has 1 saturated carbocycles. The van der Waals surface area contributed by atoms with Gasteiger partial charge >= 0.3 is 0 Å². The molecule has 26 heavy (non-hydrogen) atoms. The monoisotopic (exact) mass is 371 g/mol. The molecule has 0 aliphatic heterocycles. The quantitative estimate of drug-likeness (QED) is 0.729. The summed E-state index contributed by atoms with van der Waals surface area (Å²) in [6.45, 7) is -0.181. The van der Waals surface area contributed by atoms with E-state index in [2.05, 4.69) is 16.0 Å². The Labute approximate surface area is 155 Å². The van der Waals surface area contributed by atoms with Crippen LogP contribution in [0.25, 0.3) is 0 Å². The van der Waals surface area contributed by atoms with Crippen LogP contribution in [-0.4, -0.2) is 30.3 Å². The van der Waals surface area contributed by atoms with E-state index in [9.17, 15) is 14.4 Å². The molecule has 6 nitrogen and oxygen atoms in total. The lowest BCUT2D eigenvalue weighted by molar-refractivity contribution is -0.115. The SMILES string of the molecule is O=C(CNC(=O)c1ccc(Cl)cc1)Nc1cccc(C(=O)NC2CC2)c1. The van der Waals surface area contributed by atoms with Crippen LogP contribution in [-0.2, 0) is 4.79 Å². The van der Waals surface area contributed by atoms with Crippen LogP contribution in [0.15, 0.2) is 48.5 Å². The van der Waals surface area contributed by atoms with E-state index >= 15 is 0 Å². The second-order valence-electron chi connectivity index (χ2n) is 6.07. The highest BCUT2D eigenvalue weighted by Gasteiger charge is 2.23. The highest BCUT2D eigenvalue weighted by Crippen LogP contribution is 2.20. The van der Waals surface area contributed by atoms with Crippen molar-refractivity contribution in [3.8, 4) is 0 Å². The summed E-state index contributed by atoms with van der Waals surface area (Å²) in [6, 6.07) is 13.3. The lowest BCUT2D eigenvalue weighted by Crippen LogP contribution is -2.33. The van der Waals surface area contributed by atoms with Crippen LogP contribution < -0.4 is 16.0 Å².